The largest absolute Gasteiger partial charge is 0.396 e. The van der Waals surface area contributed by atoms with E-state index in [2.05, 4.69) is 31.3 Å². The molecule has 0 aliphatic rings. The minimum atomic E-state index is -0.452. The molecule has 1 rings (SSSR count). The number of aliphatic hydroxyl groups is 2. The third kappa shape index (κ3) is 4.09. The molecule has 1 aromatic carbocycles. The summed E-state index contributed by atoms with van der Waals surface area (Å²) >= 11 is 0. The van der Waals surface area contributed by atoms with Gasteiger partial charge in [0.25, 0.3) is 0 Å². The summed E-state index contributed by atoms with van der Waals surface area (Å²) in [5.74, 6) is 0. The zero-order chi connectivity index (χ0) is 13.6. The van der Waals surface area contributed by atoms with Crippen LogP contribution in [0.1, 0.15) is 26.3 Å². The van der Waals surface area contributed by atoms with Crippen molar-refractivity contribution in [3.8, 4) is 0 Å². The van der Waals surface area contributed by atoms with Gasteiger partial charge in [0.15, 0.2) is 0 Å². The first-order valence-corrected chi connectivity index (χ1v) is 6.41. The van der Waals surface area contributed by atoms with E-state index in [1.165, 1.54) is 5.56 Å². The van der Waals surface area contributed by atoms with Gasteiger partial charge in [0.2, 0.25) is 0 Å². The monoisotopic (exact) mass is 251 g/mol. The highest BCUT2D eigenvalue weighted by molar-refractivity contribution is 5.23. The molecule has 0 spiro atoms. The molecule has 0 unspecified atom stereocenters. The second-order valence-corrected chi connectivity index (χ2v) is 5.98. The van der Waals surface area contributed by atoms with Gasteiger partial charge in [-0.1, -0.05) is 51.1 Å². The summed E-state index contributed by atoms with van der Waals surface area (Å²) < 4.78 is 0. The minimum absolute atomic E-state index is 0.0116. The van der Waals surface area contributed by atoms with Crippen molar-refractivity contribution in [2.75, 3.05) is 26.3 Å². The Hall–Kier alpha value is -0.900. The van der Waals surface area contributed by atoms with Crippen LogP contribution in [0.3, 0.4) is 0 Å². The molecule has 0 amide bonds. The van der Waals surface area contributed by atoms with Crippen LogP contribution in [0.5, 0.6) is 0 Å². The van der Waals surface area contributed by atoms with E-state index in [4.69, 9.17) is 0 Å². The Morgan fingerprint density at radius 1 is 0.944 bits per heavy atom. The normalized spacial score (nSPS) is 12.7. The van der Waals surface area contributed by atoms with Crippen molar-refractivity contribution in [1.82, 2.24) is 5.32 Å². The van der Waals surface area contributed by atoms with E-state index in [1.807, 2.05) is 25.1 Å². The molecule has 0 radical (unpaired) electrons. The van der Waals surface area contributed by atoms with Gasteiger partial charge in [-0.05, 0) is 5.56 Å². The fraction of sp³-hybridized carbons (Fsp3) is 0.600. The second-order valence-electron chi connectivity index (χ2n) is 5.98. The highest BCUT2D eigenvalue weighted by Crippen LogP contribution is 2.22. The predicted octanol–water partition coefficient (Wildman–Crippen LogP) is 1.54. The van der Waals surface area contributed by atoms with Crippen LogP contribution < -0.4 is 5.32 Å². The average molecular weight is 251 g/mol. The number of hydrogen-bond donors (Lipinski definition) is 3. The minimum Gasteiger partial charge on any atom is -0.396 e. The molecule has 18 heavy (non-hydrogen) atoms. The van der Waals surface area contributed by atoms with Gasteiger partial charge in [-0.3, -0.25) is 0 Å². The molecule has 102 valence electrons. The Kier molecular flexibility index (Phi) is 5.32. The molecule has 3 heteroatoms. The Morgan fingerprint density at radius 2 is 1.50 bits per heavy atom. The summed E-state index contributed by atoms with van der Waals surface area (Å²) in [7, 11) is 0. The lowest BCUT2D eigenvalue weighted by molar-refractivity contribution is 0.0688. The number of aliphatic hydroxyl groups excluding tert-OH is 2. The molecule has 0 atom stereocenters. The van der Waals surface area contributed by atoms with E-state index in [1.54, 1.807) is 0 Å². The second kappa shape index (κ2) is 6.32. The molecule has 1 aromatic rings. The molecule has 0 saturated carbocycles. The topological polar surface area (TPSA) is 52.5 Å². The summed E-state index contributed by atoms with van der Waals surface area (Å²) in [6, 6.07) is 10.4. The van der Waals surface area contributed by atoms with Crippen LogP contribution in [0.25, 0.3) is 0 Å². The molecule has 0 fully saturated rings. The standard InChI is InChI=1S/C15H25NO2/c1-14(2,13-7-5-4-6-8-13)9-16-10-15(3,11-17)12-18/h4-8,16-18H,9-12H2,1-3H3. The van der Waals surface area contributed by atoms with Crippen molar-refractivity contribution in [3.63, 3.8) is 0 Å². The van der Waals surface area contributed by atoms with E-state index in [-0.39, 0.29) is 18.6 Å². The molecule has 0 saturated heterocycles. The van der Waals surface area contributed by atoms with Crippen LogP contribution in [0.15, 0.2) is 30.3 Å². The number of rotatable bonds is 7. The SMILES string of the molecule is CC(CO)(CO)CNCC(C)(C)c1ccccc1. The Bertz CT molecular complexity index is 345. The third-order valence-corrected chi connectivity index (χ3v) is 3.44. The highest BCUT2D eigenvalue weighted by atomic mass is 16.3. The van der Waals surface area contributed by atoms with Crippen LogP contribution in [0.4, 0.5) is 0 Å². The van der Waals surface area contributed by atoms with Gasteiger partial charge in [-0.2, -0.15) is 0 Å². The molecule has 0 aliphatic carbocycles. The molecular formula is C15H25NO2. The Balaban J connectivity index is 2.53. The van der Waals surface area contributed by atoms with Crippen LogP contribution >= 0.6 is 0 Å². The van der Waals surface area contributed by atoms with Crippen LogP contribution in [-0.4, -0.2) is 36.5 Å². The van der Waals surface area contributed by atoms with E-state index in [9.17, 15) is 10.2 Å². The van der Waals surface area contributed by atoms with Gasteiger partial charge < -0.3 is 15.5 Å². The molecule has 0 aliphatic heterocycles. The van der Waals surface area contributed by atoms with Crippen LogP contribution in [0.2, 0.25) is 0 Å². The number of benzene rings is 1. The van der Waals surface area contributed by atoms with Crippen molar-refractivity contribution in [1.29, 1.82) is 0 Å². The van der Waals surface area contributed by atoms with Gasteiger partial charge in [0, 0.05) is 23.9 Å². The smallest absolute Gasteiger partial charge is 0.0518 e. The van der Waals surface area contributed by atoms with Crippen molar-refractivity contribution >= 4 is 0 Å². The van der Waals surface area contributed by atoms with Crippen LogP contribution in [0, 0.1) is 5.41 Å². The zero-order valence-corrected chi connectivity index (χ0v) is 11.6. The summed E-state index contributed by atoms with van der Waals surface area (Å²) in [4.78, 5) is 0. The fourth-order valence-electron chi connectivity index (χ4n) is 1.83. The predicted molar refractivity (Wildman–Crippen MR) is 74.6 cm³/mol. The first-order valence-electron chi connectivity index (χ1n) is 6.41. The lowest BCUT2D eigenvalue weighted by Gasteiger charge is -2.30. The van der Waals surface area contributed by atoms with Gasteiger partial charge in [0.1, 0.15) is 0 Å². The van der Waals surface area contributed by atoms with Crippen molar-refractivity contribution in [2.45, 2.75) is 26.2 Å². The lowest BCUT2D eigenvalue weighted by Crippen LogP contribution is -2.42. The first-order chi connectivity index (χ1) is 8.43. The lowest BCUT2D eigenvalue weighted by atomic mass is 9.84. The molecule has 0 bridgehead atoms. The molecule has 0 aromatic heterocycles. The summed E-state index contributed by atoms with van der Waals surface area (Å²) in [5.41, 5.74) is 0.868. The Morgan fingerprint density at radius 3 is 2.00 bits per heavy atom. The summed E-state index contributed by atoms with van der Waals surface area (Å²) in [6.07, 6.45) is 0. The van der Waals surface area contributed by atoms with Gasteiger partial charge in [-0.15, -0.1) is 0 Å². The first kappa shape index (κ1) is 15.2. The highest BCUT2D eigenvalue weighted by Gasteiger charge is 2.25. The fourth-order valence-corrected chi connectivity index (χ4v) is 1.83. The van der Waals surface area contributed by atoms with Gasteiger partial charge in [-0.25, -0.2) is 0 Å². The van der Waals surface area contributed by atoms with E-state index >= 15 is 0 Å². The maximum absolute atomic E-state index is 9.23. The number of hydrogen-bond acceptors (Lipinski definition) is 3. The van der Waals surface area contributed by atoms with Crippen molar-refractivity contribution < 1.29 is 10.2 Å². The molecule has 3 N–H and O–H groups in total. The molecule has 0 heterocycles. The van der Waals surface area contributed by atoms with Crippen molar-refractivity contribution in [2.24, 2.45) is 5.41 Å². The Labute approximate surface area is 110 Å². The van der Waals surface area contributed by atoms with Gasteiger partial charge in [0.05, 0.1) is 13.2 Å². The maximum Gasteiger partial charge on any atom is 0.0518 e. The maximum atomic E-state index is 9.23. The van der Waals surface area contributed by atoms with Crippen molar-refractivity contribution in [3.05, 3.63) is 35.9 Å². The number of nitrogens with one attached hydrogen (secondary N) is 1. The third-order valence-electron chi connectivity index (χ3n) is 3.44. The van der Waals surface area contributed by atoms with Crippen LogP contribution in [-0.2, 0) is 5.41 Å². The zero-order valence-electron chi connectivity index (χ0n) is 11.6. The molecular weight excluding hydrogens is 226 g/mol. The van der Waals surface area contributed by atoms with E-state index in [0.717, 1.165) is 6.54 Å². The van der Waals surface area contributed by atoms with E-state index in [0.29, 0.717) is 6.54 Å². The average Bonchev–Trinajstić information content (AvgIpc) is 2.39. The molecule has 3 nitrogen and oxygen atoms in total. The quantitative estimate of drug-likeness (QED) is 0.689. The summed E-state index contributed by atoms with van der Waals surface area (Å²) in [5, 5.41) is 21.8. The van der Waals surface area contributed by atoms with Gasteiger partial charge >= 0.3 is 0 Å². The van der Waals surface area contributed by atoms with E-state index < -0.39 is 5.41 Å². The summed E-state index contributed by atoms with van der Waals surface area (Å²) in [6.45, 7) is 7.64.